The standard InChI is InChI=1S/C17H25N5O2.HI/c1-4-24-12-10-19-17(18-2)20-13-14-9-11-22(21-14)15-5-7-16(23-3)8-6-15;/h5-9,11H,4,10,12-13H2,1-3H3,(H2,18,19,20);1H. The average molecular weight is 459 g/mol. The quantitative estimate of drug-likeness (QED) is 0.274. The summed E-state index contributed by atoms with van der Waals surface area (Å²) in [6.07, 6.45) is 1.93. The van der Waals surface area contributed by atoms with Crippen LogP contribution in [-0.4, -0.2) is 49.7 Å². The van der Waals surface area contributed by atoms with Gasteiger partial charge in [-0.2, -0.15) is 5.10 Å². The second kappa shape index (κ2) is 11.7. The first kappa shape index (κ1) is 21.2. The van der Waals surface area contributed by atoms with Crippen molar-refractivity contribution in [3.05, 3.63) is 42.2 Å². The maximum atomic E-state index is 5.29. The SMILES string of the molecule is CCOCCNC(=NC)NCc1ccn(-c2ccc(OC)cc2)n1.I. The largest absolute Gasteiger partial charge is 0.497 e. The predicted octanol–water partition coefficient (Wildman–Crippen LogP) is 2.20. The summed E-state index contributed by atoms with van der Waals surface area (Å²) >= 11 is 0. The van der Waals surface area contributed by atoms with Crippen molar-refractivity contribution in [2.45, 2.75) is 13.5 Å². The Kier molecular flexibility index (Phi) is 9.93. The number of aliphatic imine (C=N–C) groups is 1. The number of nitrogens with zero attached hydrogens (tertiary/aromatic N) is 3. The van der Waals surface area contributed by atoms with Gasteiger partial charge in [0.05, 0.1) is 31.6 Å². The second-order valence-electron chi connectivity index (χ2n) is 5.00. The molecule has 0 radical (unpaired) electrons. The molecule has 0 aliphatic rings. The van der Waals surface area contributed by atoms with Crippen LogP contribution in [-0.2, 0) is 11.3 Å². The molecule has 2 rings (SSSR count). The fourth-order valence-corrected chi connectivity index (χ4v) is 2.12. The van der Waals surface area contributed by atoms with E-state index in [-0.39, 0.29) is 24.0 Å². The molecule has 0 unspecified atom stereocenters. The van der Waals surface area contributed by atoms with Crippen LogP contribution in [0.15, 0.2) is 41.5 Å². The topological polar surface area (TPSA) is 72.7 Å². The predicted molar refractivity (Wildman–Crippen MR) is 110 cm³/mol. The summed E-state index contributed by atoms with van der Waals surface area (Å²) in [5.74, 6) is 1.56. The molecule has 25 heavy (non-hydrogen) atoms. The summed E-state index contributed by atoms with van der Waals surface area (Å²) in [6.45, 7) is 4.66. The Bertz CT molecular complexity index is 643. The molecule has 7 nitrogen and oxygen atoms in total. The summed E-state index contributed by atoms with van der Waals surface area (Å²) in [4.78, 5) is 4.18. The van der Waals surface area contributed by atoms with Gasteiger partial charge in [0, 0.05) is 26.4 Å². The van der Waals surface area contributed by atoms with Gasteiger partial charge in [-0.15, -0.1) is 24.0 Å². The summed E-state index contributed by atoms with van der Waals surface area (Å²) in [5, 5.41) is 11.0. The van der Waals surface area contributed by atoms with Crippen molar-refractivity contribution in [3.8, 4) is 11.4 Å². The Morgan fingerprint density at radius 2 is 1.96 bits per heavy atom. The molecule has 0 atom stereocenters. The van der Waals surface area contributed by atoms with Crippen LogP contribution >= 0.6 is 24.0 Å². The summed E-state index contributed by atoms with van der Waals surface area (Å²) in [7, 11) is 3.40. The Morgan fingerprint density at radius 3 is 2.60 bits per heavy atom. The molecular formula is C17H26IN5O2. The van der Waals surface area contributed by atoms with E-state index in [9.17, 15) is 0 Å². The third kappa shape index (κ3) is 6.91. The molecule has 0 aliphatic carbocycles. The van der Waals surface area contributed by atoms with Crippen LogP contribution in [0.2, 0.25) is 0 Å². The Labute approximate surface area is 165 Å². The van der Waals surface area contributed by atoms with Gasteiger partial charge in [-0.3, -0.25) is 4.99 Å². The van der Waals surface area contributed by atoms with Crippen LogP contribution in [0, 0.1) is 0 Å². The van der Waals surface area contributed by atoms with E-state index in [0.29, 0.717) is 19.7 Å². The molecule has 0 fully saturated rings. The van der Waals surface area contributed by atoms with Crippen molar-refractivity contribution < 1.29 is 9.47 Å². The van der Waals surface area contributed by atoms with Gasteiger partial charge in [-0.1, -0.05) is 0 Å². The first-order valence-corrected chi connectivity index (χ1v) is 7.98. The van der Waals surface area contributed by atoms with Gasteiger partial charge in [0.2, 0.25) is 0 Å². The first-order chi connectivity index (χ1) is 11.8. The first-order valence-electron chi connectivity index (χ1n) is 7.98. The number of benzene rings is 1. The number of rotatable bonds is 8. The monoisotopic (exact) mass is 459 g/mol. The lowest BCUT2D eigenvalue weighted by Crippen LogP contribution is -2.38. The zero-order valence-electron chi connectivity index (χ0n) is 14.9. The van der Waals surface area contributed by atoms with Crippen LogP contribution < -0.4 is 15.4 Å². The summed E-state index contributed by atoms with van der Waals surface area (Å²) < 4.78 is 12.3. The molecule has 8 heteroatoms. The minimum Gasteiger partial charge on any atom is -0.497 e. The third-order valence-electron chi connectivity index (χ3n) is 3.38. The maximum Gasteiger partial charge on any atom is 0.191 e. The molecule has 0 aliphatic heterocycles. The average Bonchev–Trinajstić information content (AvgIpc) is 3.10. The Hall–Kier alpha value is -1.81. The fourth-order valence-electron chi connectivity index (χ4n) is 2.12. The number of nitrogens with one attached hydrogen (secondary N) is 2. The van der Waals surface area contributed by atoms with Gasteiger partial charge in [-0.05, 0) is 37.3 Å². The Morgan fingerprint density at radius 1 is 1.20 bits per heavy atom. The van der Waals surface area contributed by atoms with Crippen LogP contribution in [0.25, 0.3) is 5.69 Å². The molecule has 0 saturated carbocycles. The maximum absolute atomic E-state index is 5.29. The highest BCUT2D eigenvalue weighted by atomic mass is 127. The smallest absolute Gasteiger partial charge is 0.191 e. The lowest BCUT2D eigenvalue weighted by atomic mass is 10.3. The molecular weight excluding hydrogens is 433 g/mol. The van der Waals surface area contributed by atoms with E-state index < -0.39 is 0 Å². The van der Waals surface area contributed by atoms with Gasteiger partial charge < -0.3 is 20.1 Å². The number of halogens is 1. The Balaban J connectivity index is 0.00000312. The normalized spacial score (nSPS) is 10.9. The number of hydrogen-bond donors (Lipinski definition) is 2. The molecule has 138 valence electrons. The number of aromatic nitrogens is 2. The highest BCUT2D eigenvalue weighted by Crippen LogP contribution is 2.14. The molecule has 1 aromatic carbocycles. The van der Waals surface area contributed by atoms with Crippen molar-refractivity contribution in [1.82, 2.24) is 20.4 Å². The van der Waals surface area contributed by atoms with Crippen LogP contribution in [0.1, 0.15) is 12.6 Å². The summed E-state index contributed by atoms with van der Waals surface area (Å²) in [6, 6.07) is 9.75. The van der Waals surface area contributed by atoms with Crippen LogP contribution in [0.5, 0.6) is 5.75 Å². The molecule has 0 amide bonds. The molecule has 0 saturated heterocycles. The van der Waals surface area contributed by atoms with Gasteiger partial charge >= 0.3 is 0 Å². The molecule has 2 aromatic rings. The molecule has 0 bridgehead atoms. The number of methoxy groups -OCH3 is 1. The van der Waals surface area contributed by atoms with Gasteiger partial charge in [0.1, 0.15) is 5.75 Å². The van der Waals surface area contributed by atoms with Crippen LogP contribution in [0.4, 0.5) is 0 Å². The fraction of sp³-hybridized carbons (Fsp3) is 0.412. The van der Waals surface area contributed by atoms with Gasteiger partial charge in [-0.25, -0.2) is 4.68 Å². The third-order valence-corrected chi connectivity index (χ3v) is 3.38. The number of guanidine groups is 1. The van der Waals surface area contributed by atoms with Gasteiger partial charge in [0.15, 0.2) is 5.96 Å². The van der Waals surface area contributed by atoms with E-state index in [1.165, 1.54) is 0 Å². The van der Waals surface area contributed by atoms with Gasteiger partial charge in [0.25, 0.3) is 0 Å². The minimum atomic E-state index is 0. The van der Waals surface area contributed by atoms with E-state index in [0.717, 1.165) is 29.7 Å². The molecule has 2 N–H and O–H groups in total. The molecule has 1 heterocycles. The highest BCUT2D eigenvalue weighted by molar-refractivity contribution is 14.0. The molecule has 1 aromatic heterocycles. The zero-order chi connectivity index (χ0) is 17.2. The molecule has 0 spiro atoms. The highest BCUT2D eigenvalue weighted by Gasteiger charge is 2.03. The summed E-state index contributed by atoms with van der Waals surface area (Å²) in [5.41, 5.74) is 1.92. The lowest BCUT2D eigenvalue weighted by molar-refractivity contribution is 0.152. The number of hydrogen-bond acceptors (Lipinski definition) is 4. The van der Waals surface area contributed by atoms with Crippen molar-refractivity contribution >= 4 is 29.9 Å². The van der Waals surface area contributed by atoms with Crippen molar-refractivity contribution in [3.63, 3.8) is 0 Å². The van der Waals surface area contributed by atoms with E-state index >= 15 is 0 Å². The lowest BCUT2D eigenvalue weighted by Gasteiger charge is -2.10. The van der Waals surface area contributed by atoms with E-state index in [1.54, 1.807) is 14.2 Å². The minimum absolute atomic E-state index is 0. The van der Waals surface area contributed by atoms with E-state index in [4.69, 9.17) is 9.47 Å². The van der Waals surface area contributed by atoms with Crippen molar-refractivity contribution in [2.75, 3.05) is 33.9 Å². The van der Waals surface area contributed by atoms with Crippen molar-refractivity contribution in [1.29, 1.82) is 0 Å². The zero-order valence-corrected chi connectivity index (χ0v) is 17.2. The van der Waals surface area contributed by atoms with Crippen molar-refractivity contribution in [2.24, 2.45) is 4.99 Å². The van der Waals surface area contributed by atoms with E-state index in [2.05, 4.69) is 20.7 Å². The van der Waals surface area contributed by atoms with Crippen LogP contribution in [0.3, 0.4) is 0 Å². The second-order valence-corrected chi connectivity index (χ2v) is 5.00. The number of ether oxygens (including phenoxy) is 2. The van der Waals surface area contributed by atoms with E-state index in [1.807, 2.05) is 48.1 Å².